The Bertz CT molecular complexity index is 1830. The van der Waals surface area contributed by atoms with Crippen LogP contribution in [0.5, 0.6) is 5.88 Å². The van der Waals surface area contributed by atoms with Gasteiger partial charge in [-0.3, -0.25) is 14.2 Å². The first-order valence-electron chi connectivity index (χ1n) is 18.3. The van der Waals surface area contributed by atoms with Gasteiger partial charge in [0, 0.05) is 5.41 Å². The van der Waals surface area contributed by atoms with Crippen LogP contribution in [0.25, 0.3) is 0 Å². The van der Waals surface area contributed by atoms with Gasteiger partial charge >= 0.3 is 28.8 Å². The zero-order valence-electron chi connectivity index (χ0n) is 30.8. The third-order valence-electron chi connectivity index (χ3n) is 12.6. The summed E-state index contributed by atoms with van der Waals surface area (Å²) in [6.45, 7) is 6.43. The molecular formula is C37H49N3O12S. The molecule has 0 radical (unpaired) electrons. The quantitative estimate of drug-likeness (QED) is 0.0843. The number of nitrogens with zero attached hydrogens (tertiary/aromatic N) is 3. The largest absolute Gasteiger partial charge is 0.469 e. The minimum Gasteiger partial charge on any atom is -0.469 e. The number of aromatic nitrogens is 2. The molecular weight excluding hydrogens is 710 g/mol. The van der Waals surface area contributed by atoms with Gasteiger partial charge < -0.3 is 29.0 Å². The number of methoxy groups -OCH3 is 1. The number of hydrogen-bond donors (Lipinski definition) is 0. The van der Waals surface area contributed by atoms with E-state index in [1.165, 1.54) is 31.4 Å². The van der Waals surface area contributed by atoms with E-state index in [1.807, 2.05) is 0 Å². The van der Waals surface area contributed by atoms with Crippen LogP contribution in [-0.2, 0) is 43.3 Å². The molecule has 16 heteroatoms. The molecule has 1 spiro atoms. The fourth-order valence-corrected chi connectivity index (χ4v) is 11.6. The molecule has 53 heavy (non-hydrogen) atoms. The van der Waals surface area contributed by atoms with Crippen LogP contribution >= 0.6 is 0 Å². The van der Waals surface area contributed by atoms with Gasteiger partial charge in [-0.2, -0.15) is 0 Å². The second-order valence-electron chi connectivity index (χ2n) is 15.8. The van der Waals surface area contributed by atoms with E-state index in [0.29, 0.717) is 5.92 Å². The standard InChI is InChI=1S/C37H49N3O12S/c1-34-17-13-27-35(2)15-8-16-36(3,33(43)47-4)26(35)14-18-37(27,24-34)23-28(34)38-51-30(42)12-11-29(41)49-21-19-48-20-22-50-31-32(40(44)52-39-31)53(45,46)25-9-6-5-7-10-25/h5-7,9-10,26-27H,8,11-24H2,1-4H3/b38-28+/t26-,27-,34-,35+,36+,37-/m0/s1. The van der Waals surface area contributed by atoms with Crippen LogP contribution in [-0.4, -0.2) is 70.7 Å². The van der Waals surface area contributed by atoms with E-state index in [1.54, 1.807) is 6.07 Å². The summed E-state index contributed by atoms with van der Waals surface area (Å²) in [7, 11) is -2.75. The first kappa shape index (κ1) is 38.7. The lowest BCUT2D eigenvalue weighted by Gasteiger charge is -2.64. The lowest BCUT2D eigenvalue weighted by molar-refractivity contribution is -0.832. The van der Waals surface area contributed by atoms with Gasteiger partial charge in [0.1, 0.15) is 13.2 Å². The van der Waals surface area contributed by atoms with Gasteiger partial charge in [0.2, 0.25) is 0 Å². The van der Waals surface area contributed by atoms with Crippen molar-refractivity contribution in [3.05, 3.63) is 35.5 Å². The maximum Gasteiger partial charge on any atom is 0.415 e. The summed E-state index contributed by atoms with van der Waals surface area (Å²) < 4.78 is 51.2. The molecule has 0 saturated heterocycles. The molecule has 0 N–H and O–H groups in total. The highest BCUT2D eigenvalue weighted by Gasteiger charge is 2.67. The number of ether oxygens (including phenoxy) is 4. The lowest BCUT2D eigenvalue weighted by atomic mass is 9.40. The Morgan fingerprint density at radius 2 is 1.68 bits per heavy atom. The van der Waals surface area contributed by atoms with Crippen LogP contribution in [0.3, 0.4) is 0 Å². The predicted molar refractivity (Wildman–Crippen MR) is 185 cm³/mol. The Kier molecular flexibility index (Phi) is 10.9. The van der Waals surface area contributed by atoms with E-state index in [-0.39, 0.29) is 77.2 Å². The van der Waals surface area contributed by atoms with Crippen molar-refractivity contribution in [1.29, 1.82) is 0 Å². The molecule has 1 heterocycles. The van der Waals surface area contributed by atoms with Crippen LogP contribution in [0.2, 0.25) is 0 Å². The minimum absolute atomic E-state index is 0.00574. The molecule has 0 aliphatic heterocycles. The molecule has 6 rings (SSSR count). The highest BCUT2D eigenvalue weighted by Crippen LogP contribution is 2.73. The summed E-state index contributed by atoms with van der Waals surface area (Å²) in [4.78, 5) is 42.9. The summed E-state index contributed by atoms with van der Waals surface area (Å²) in [5, 5.41) is 19.0. The molecule has 1 aromatic carbocycles. The molecule has 0 amide bonds. The fourth-order valence-electron chi connectivity index (χ4n) is 10.3. The molecule has 4 fully saturated rings. The van der Waals surface area contributed by atoms with E-state index in [2.05, 4.69) is 35.7 Å². The Balaban J connectivity index is 0.915. The highest BCUT2D eigenvalue weighted by atomic mass is 32.2. The second kappa shape index (κ2) is 15.0. The van der Waals surface area contributed by atoms with E-state index in [0.717, 1.165) is 63.5 Å². The molecule has 1 aromatic heterocycles. The zero-order chi connectivity index (χ0) is 38.1. The van der Waals surface area contributed by atoms with Gasteiger partial charge in [0.25, 0.3) is 9.84 Å². The van der Waals surface area contributed by atoms with E-state index in [4.69, 9.17) is 23.8 Å². The monoisotopic (exact) mass is 759 g/mol. The van der Waals surface area contributed by atoms with Crippen molar-refractivity contribution in [1.82, 2.24) is 5.16 Å². The summed E-state index contributed by atoms with van der Waals surface area (Å²) in [6.07, 6.45) is 8.35. The maximum absolute atomic E-state index is 13.0. The van der Waals surface area contributed by atoms with Gasteiger partial charge in [-0.1, -0.05) is 43.6 Å². The van der Waals surface area contributed by atoms with Crippen LogP contribution in [0.1, 0.15) is 91.4 Å². The first-order chi connectivity index (χ1) is 25.2. The number of sulfone groups is 1. The number of carbonyl (C=O) groups is 3. The van der Waals surface area contributed by atoms with Crippen LogP contribution in [0, 0.1) is 38.7 Å². The van der Waals surface area contributed by atoms with Crippen molar-refractivity contribution < 1.29 is 56.1 Å². The number of hydrogen-bond acceptors (Lipinski definition) is 14. The van der Waals surface area contributed by atoms with Crippen molar-refractivity contribution >= 4 is 33.5 Å². The first-order valence-corrected chi connectivity index (χ1v) is 19.8. The van der Waals surface area contributed by atoms with Crippen molar-refractivity contribution in [2.75, 3.05) is 33.5 Å². The molecule has 15 nitrogen and oxygen atoms in total. The number of oxime groups is 1. The minimum atomic E-state index is -4.24. The van der Waals surface area contributed by atoms with E-state index < -0.39 is 38.1 Å². The third kappa shape index (κ3) is 7.28. The third-order valence-corrected chi connectivity index (χ3v) is 14.4. The molecule has 6 atom stereocenters. The molecule has 0 unspecified atom stereocenters. The Morgan fingerprint density at radius 3 is 2.43 bits per heavy atom. The van der Waals surface area contributed by atoms with Gasteiger partial charge in [-0.25, -0.2) is 13.2 Å². The van der Waals surface area contributed by atoms with Crippen LogP contribution in [0.15, 0.2) is 50.0 Å². The van der Waals surface area contributed by atoms with Crippen molar-refractivity contribution in [3.63, 3.8) is 0 Å². The van der Waals surface area contributed by atoms with Gasteiger partial charge in [-0.15, -0.1) is 0 Å². The molecule has 2 bridgehead atoms. The fraction of sp³-hybridized carbons (Fsp3) is 0.676. The topological polar surface area (TPSA) is 197 Å². The van der Waals surface area contributed by atoms with Gasteiger partial charge in [0.15, 0.2) is 0 Å². The number of benzene rings is 1. The van der Waals surface area contributed by atoms with Gasteiger partial charge in [-0.05, 0) is 98.0 Å². The van der Waals surface area contributed by atoms with Gasteiger partial charge in [0.05, 0.1) is 54.3 Å². The average molecular weight is 760 g/mol. The molecule has 4 aliphatic rings. The predicted octanol–water partition coefficient (Wildman–Crippen LogP) is 4.73. The van der Waals surface area contributed by atoms with E-state index in [9.17, 15) is 28.0 Å². The van der Waals surface area contributed by atoms with Crippen LogP contribution in [0.4, 0.5) is 0 Å². The summed E-state index contributed by atoms with van der Waals surface area (Å²) >= 11 is 0. The number of esters is 2. The number of fused-ring (bicyclic) bond motifs is 3. The Labute approximate surface area is 309 Å². The Hall–Kier alpha value is -4.05. The average Bonchev–Trinajstić information content (AvgIpc) is 3.61. The SMILES string of the molecule is COC(=O)[C@]1(C)CCC[C@@]2(C)[C@@H]3CC[C@@]4(C)C[C@]3(CC[C@@H]21)C/C4=N\OC(=O)CCC(=O)OCCOCCOc1no[n+]([O-])c1S(=O)(=O)c1ccccc1. The smallest absolute Gasteiger partial charge is 0.415 e. The summed E-state index contributed by atoms with van der Waals surface area (Å²) in [5.74, 6) is -1.08. The van der Waals surface area contributed by atoms with Crippen molar-refractivity contribution in [2.45, 2.75) is 101 Å². The normalized spacial score (nSPS) is 31.3. The zero-order valence-corrected chi connectivity index (χ0v) is 31.6. The van der Waals surface area contributed by atoms with Crippen molar-refractivity contribution in [3.8, 4) is 5.88 Å². The summed E-state index contributed by atoms with van der Waals surface area (Å²) in [5.41, 5.74) is 0.389. The highest BCUT2D eigenvalue weighted by molar-refractivity contribution is 7.91. The Morgan fingerprint density at radius 1 is 0.962 bits per heavy atom. The lowest BCUT2D eigenvalue weighted by Crippen LogP contribution is -2.58. The second-order valence-corrected chi connectivity index (χ2v) is 17.6. The van der Waals surface area contributed by atoms with E-state index >= 15 is 0 Å². The summed E-state index contributed by atoms with van der Waals surface area (Å²) in [6, 6.07) is 7.32. The van der Waals surface area contributed by atoms with Crippen LogP contribution < -0.4 is 9.64 Å². The molecule has 2 aromatic rings. The molecule has 4 saturated carbocycles. The number of rotatable bonds is 14. The molecule has 4 aliphatic carbocycles. The maximum atomic E-state index is 13.0. The molecule has 290 valence electrons. The van der Waals surface area contributed by atoms with Crippen molar-refractivity contribution in [2.24, 2.45) is 38.7 Å². The number of carbonyl (C=O) groups excluding carboxylic acids is 3.